The monoisotopic (exact) mass is 169 g/mol. The van der Waals surface area contributed by atoms with E-state index < -0.39 is 0 Å². The second kappa shape index (κ2) is 4.27. The highest BCUT2D eigenvalue weighted by Gasteiger charge is 2.24. The van der Waals surface area contributed by atoms with Gasteiger partial charge in [-0.25, -0.2) is 0 Å². The average molecular weight is 169 g/mol. The summed E-state index contributed by atoms with van der Waals surface area (Å²) in [7, 11) is 2.25. The molecule has 0 aromatic rings. The summed E-state index contributed by atoms with van der Waals surface area (Å²) in [6.07, 6.45) is 4.37. The van der Waals surface area contributed by atoms with E-state index >= 15 is 0 Å². The van der Waals surface area contributed by atoms with E-state index in [2.05, 4.69) is 32.7 Å². The van der Waals surface area contributed by atoms with Gasteiger partial charge in [0.15, 0.2) is 0 Å². The molecule has 0 bridgehead atoms. The van der Waals surface area contributed by atoms with Crippen LogP contribution in [0, 0.1) is 11.8 Å². The first-order valence-corrected chi connectivity index (χ1v) is 5.31. The van der Waals surface area contributed by atoms with Crippen LogP contribution in [0.15, 0.2) is 0 Å². The Labute approximate surface area is 77.1 Å². The van der Waals surface area contributed by atoms with E-state index in [-0.39, 0.29) is 0 Å². The Kier molecular flexibility index (Phi) is 3.57. The van der Waals surface area contributed by atoms with Gasteiger partial charge in [-0.1, -0.05) is 19.8 Å². The molecule has 0 saturated heterocycles. The molecule has 1 rings (SSSR count). The van der Waals surface area contributed by atoms with Crippen molar-refractivity contribution >= 4 is 0 Å². The zero-order chi connectivity index (χ0) is 9.14. The lowest BCUT2D eigenvalue weighted by molar-refractivity contribution is 0.210. The summed E-state index contributed by atoms with van der Waals surface area (Å²) in [5, 5.41) is 0. The fraction of sp³-hybridized carbons (Fsp3) is 1.00. The molecule has 72 valence electrons. The second-order valence-electron chi connectivity index (χ2n) is 4.70. The van der Waals surface area contributed by atoms with Crippen molar-refractivity contribution in [1.29, 1.82) is 0 Å². The number of hydrogen-bond acceptors (Lipinski definition) is 1. The minimum Gasteiger partial charge on any atom is -0.304 e. The van der Waals surface area contributed by atoms with Crippen LogP contribution in [0.3, 0.4) is 0 Å². The molecule has 1 nitrogen and oxygen atoms in total. The van der Waals surface area contributed by atoms with Crippen molar-refractivity contribution in [3.8, 4) is 0 Å². The molecule has 1 aliphatic carbocycles. The lowest BCUT2D eigenvalue weighted by atomic mass is 9.97. The summed E-state index contributed by atoms with van der Waals surface area (Å²) in [5.74, 6) is 1.93. The van der Waals surface area contributed by atoms with Gasteiger partial charge in [0.1, 0.15) is 0 Å². The van der Waals surface area contributed by atoms with Crippen molar-refractivity contribution in [1.82, 2.24) is 4.90 Å². The van der Waals surface area contributed by atoms with Crippen LogP contribution in [-0.4, -0.2) is 24.5 Å². The molecule has 2 atom stereocenters. The zero-order valence-corrected chi connectivity index (χ0v) is 9.01. The Bertz CT molecular complexity index is 131. The molecule has 0 unspecified atom stereocenters. The zero-order valence-electron chi connectivity index (χ0n) is 9.01. The maximum Gasteiger partial charge on any atom is 0.00356 e. The normalized spacial score (nSPS) is 30.5. The van der Waals surface area contributed by atoms with Crippen molar-refractivity contribution in [2.24, 2.45) is 11.8 Å². The fourth-order valence-corrected chi connectivity index (χ4v) is 2.07. The number of hydrogen-bond donors (Lipinski definition) is 0. The van der Waals surface area contributed by atoms with Gasteiger partial charge in [-0.3, -0.25) is 0 Å². The lowest BCUT2D eigenvalue weighted by Crippen LogP contribution is -2.32. The molecule has 1 fully saturated rings. The van der Waals surface area contributed by atoms with E-state index in [0.29, 0.717) is 6.04 Å². The van der Waals surface area contributed by atoms with Gasteiger partial charge in [-0.05, 0) is 39.2 Å². The van der Waals surface area contributed by atoms with E-state index in [1.807, 2.05) is 0 Å². The smallest absolute Gasteiger partial charge is 0.00356 e. The predicted octanol–water partition coefficient (Wildman–Crippen LogP) is 2.76. The molecule has 0 aliphatic heterocycles. The van der Waals surface area contributed by atoms with Gasteiger partial charge in [0.2, 0.25) is 0 Å². The Morgan fingerprint density at radius 1 is 1.33 bits per heavy atom. The van der Waals surface area contributed by atoms with Crippen molar-refractivity contribution in [2.75, 3.05) is 13.6 Å². The highest BCUT2D eigenvalue weighted by molar-refractivity contribution is 4.77. The number of nitrogens with zero attached hydrogens (tertiary/aromatic N) is 1. The minimum atomic E-state index is 0.706. The maximum absolute atomic E-state index is 2.48. The standard InChI is InChI=1S/C11H23N/c1-9(2)12(4)8-11-7-5-6-10(11)3/h9-11H,5-8H2,1-4H3/t10-,11+/m0/s1. The van der Waals surface area contributed by atoms with Gasteiger partial charge >= 0.3 is 0 Å². The highest BCUT2D eigenvalue weighted by atomic mass is 15.1. The Hall–Kier alpha value is -0.0400. The van der Waals surface area contributed by atoms with Crippen LogP contribution >= 0.6 is 0 Å². The third-order valence-corrected chi connectivity index (χ3v) is 3.44. The van der Waals surface area contributed by atoms with Gasteiger partial charge in [-0.15, -0.1) is 0 Å². The van der Waals surface area contributed by atoms with Crippen LogP contribution in [0.5, 0.6) is 0 Å². The molecule has 0 radical (unpaired) electrons. The van der Waals surface area contributed by atoms with Gasteiger partial charge in [0.25, 0.3) is 0 Å². The Morgan fingerprint density at radius 3 is 2.42 bits per heavy atom. The minimum absolute atomic E-state index is 0.706. The summed E-state index contributed by atoms with van der Waals surface area (Å²) in [6, 6.07) is 0.706. The summed E-state index contributed by atoms with van der Waals surface area (Å²) >= 11 is 0. The average Bonchev–Trinajstić information content (AvgIpc) is 2.36. The molecule has 0 spiro atoms. The third kappa shape index (κ3) is 2.48. The number of rotatable bonds is 3. The van der Waals surface area contributed by atoms with E-state index in [4.69, 9.17) is 0 Å². The van der Waals surface area contributed by atoms with Crippen LogP contribution in [0.4, 0.5) is 0 Å². The fourth-order valence-electron chi connectivity index (χ4n) is 2.07. The topological polar surface area (TPSA) is 3.24 Å². The first-order chi connectivity index (χ1) is 5.61. The lowest BCUT2D eigenvalue weighted by Gasteiger charge is -2.26. The highest BCUT2D eigenvalue weighted by Crippen LogP contribution is 2.31. The van der Waals surface area contributed by atoms with Crippen molar-refractivity contribution in [3.63, 3.8) is 0 Å². The van der Waals surface area contributed by atoms with Crippen LogP contribution in [0.1, 0.15) is 40.0 Å². The molecular weight excluding hydrogens is 146 g/mol. The first-order valence-electron chi connectivity index (χ1n) is 5.31. The molecule has 0 N–H and O–H groups in total. The van der Waals surface area contributed by atoms with Gasteiger partial charge in [-0.2, -0.15) is 0 Å². The van der Waals surface area contributed by atoms with E-state index in [9.17, 15) is 0 Å². The molecule has 0 heterocycles. The van der Waals surface area contributed by atoms with E-state index in [1.165, 1.54) is 25.8 Å². The predicted molar refractivity (Wildman–Crippen MR) is 54.3 cm³/mol. The van der Waals surface area contributed by atoms with Gasteiger partial charge < -0.3 is 4.90 Å². The van der Waals surface area contributed by atoms with Gasteiger partial charge in [0, 0.05) is 12.6 Å². The molecule has 1 saturated carbocycles. The molecule has 1 aliphatic rings. The second-order valence-corrected chi connectivity index (χ2v) is 4.70. The van der Waals surface area contributed by atoms with E-state index in [1.54, 1.807) is 0 Å². The van der Waals surface area contributed by atoms with Crippen molar-refractivity contribution in [3.05, 3.63) is 0 Å². The van der Waals surface area contributed by atoms with Crippen LogP contribution < -0.4 is 0 Å². The maximum atomic E-state index is 2.48. The van der Waals surface area contributed by atoms with Crippen LogP contribution in [-0.2, 0) is 0 Å². The molecule has 0 aromatic carbocycles. The summed E-state index contributed by atoms with van der Waals surface area (Å²) in [5.41, 5.74) is 0. The molecule has 12 heavy (non-hydrogen) atoms. The molecule has 1 heteroatoms. The van der Waals surface area contributed by atoms with Crippen molar-refractivity contribution < 1.29 is 0 Å². The Balaban J connectivity index is 2.30. The van der Waals surface area contributed by atoms with E-state index in [0.717, 1.165) is 11.8 Å². The SMILES string of the molecule is CC(C)N(C)C[C@H]1CCC[C@@H]1C. The molecule has 0 aromatic heterocycles. The summed E-state index contributed by atoms with van der Waals surface area (Å²) in [4.78, 5) is 2.48. The summed E-state index contributed by atoms with van der Waals surface area (Å²) < 4.78 is 0. The molecular formula is C11H23N. The first kappa shape index (κ1) is 10.0. The quantitative estimate of drug-likeness (QED) is 0.628. The van der Waals surface area contributed by atoms with Gasteiger partial charge in [0.05, 0.1) is 0 Å². The van der Waals surface area contributed by atoms with Crippen LogP contribution in [0.2, 0.25) is 0 Å². The Morgan fingerprint density at radius 2 is 2.00 bits per heavy atom. The molecule has 0 amide bonds. The van der Waals surface area contributed by atoms with Crippen LogP contribution in [0.25, 0.3) is 0 Å². The third-order valence-electron chi connectivity index (χ3n) is 3.44. The summed E-state index contributed by atoms with van der Waals surface area (Å²) in [6.45, 7) is 8.27. The largest absolute Gasteiger partial charge is 0.304 e. The van der Waals surface area contributed by atoms with Crippen molar-refractivity contribution in [2.45, 2.75) is 46.1 Å².